The molecule has 136 valence electrons. The molecule has 0 aromatic rings. The van der Waals surface area contributed by atoms with Gasteiger partial charge in [-0.1, -0.05) is 6.92 Å². The van der Waals surface area contributed by atoms with E-state index in [1.165, 1.54) is 26.1 Å². The number of hydrogen-bond donors (Lipinski definition) is 3. The van der Waals surface area contributed by atoms with Gasteiger partial charge in [-0.2, -0.15) is 26.3 Å². The minimum Gasteiger partial charge on any atom is -0.475 e. The number of rotatable bonds is 1. The van der Waals surface area contributed by atoms with E-state index in [-0.39, 0.29) is 0 Å². The summed E-state index contributed by atoms with van der Waals surface area (Å²) >= 11 is 0. The van der Waals surface area contributed by atoms with Crippen LogP contribution in [-0.2, 0) is 9.59 Å². The number of carbonyl (C=O) groups is 2. The quantitative estimate of drug-likeness (QED) is 0.619. The van der Waals surface area contributed by atoms with Crippen LogP contribution in [0.2, 0.25) is 0 Å². The van der Waals surface area contributed by atoms with Gasteiger partial charge >= 0.3 is 24.3 Å². The Hall–Kier alpha value is -1.56. The van der Waals surface area contributed by atoms with Crippen molar-refractivity contribution in [2.45, 2.75) is 31.9 Å². The van der Waals surface area contributed by atoms with E-state index in [9.17, 15) is 26.3 Å². The monoisotopic (exact) mass is 354 g/mol. The number of halogens is 6. The van der Waals surface area contributed by atoms with E-state index in [0.717, 1.165) is 12.1 Å². The number of nitrogens with one attached hydrogen (secondary N) is 1. The van der Waals surface area contributed by atoms with Crippen LogP contribution < -0.4 is 5.32 Å². The summed E-state index contributed by atoms with van der Waals surface area (Å²) in [5, 5.41) is 17.7. The van der Waals surface area contributed by atoms with Gasteiger partial charge in [-0.15, -0.1) is 0 Å². The number of aliphatic carboxylic acids is 2. The van der Waals surface area contributed by atoms with Crippen molar-refractivity contribution in [3.63, 3.8) is 0 Å². The number of hydrogen-bond acceptors (Lipinski definition) is 4. The highest BCUT2D eigenvalue weighted by atomic mass is 19.4. The van der Waals surface area contributed by atoms with Crippen LogP contribution in [0.25, 0.3) is 0 Å². The highest BCUT2D eigenvalue weighted by Gasteiger charge is 2.39. The first kappa shape index (κ1) is 21.4. The molecule has 2 atom stereocenters. The molecule has 6 nitrogen and oxygen atoms in total. The smallest absolute Gasteiger partial charge is 0.475 e. The molecule has 2 bridgehead atoms. The third-order valence-corrected chi connectivity index (χ3v) is 3.02. The van der Waals surface area contributed by atoms with Crippen LogP contribution in [-0.4, -0.2) is 65.2 Å². The lowest BCUT2D eigenvalue weighted by Crippen LogP contribution is -2.43. The van der Waals surface area contributed by atoms with Crippen LogP contribution in [0.15, 0.2) is 0 Å². The predicted octanol–water partition coefficient (Wildman–Crippen LogP) is 1.52. The van der Waals surface area contributed by atoms with E-state index in [1.54, 1.807) is 0 Å². The second kappa shape index (κ2) is 8.34. The third kappa shape index (κ3) is 8.02. The third-order valence-electron chi connectivity index (χ3n) is 3.02. The van der Waals surface area contributed by atoms with Crippen LogP contribution >= 0.6 is 0 Å². The van der Waals surface area contributed by atoms with Gasteiger partial charge < -0.3 is 15.5 Å². The highest BCUT2D eigenvalue weighted by Crippen LogP contribution is 2.25. The molecule has 0 aliphatic carbocycles. The number of carboxylic acids is 2. The summed E-state index contributed by atoms with van der Waals surface area (Å²) in [6.07, 6.45) is -8.03. The second-order valence-electron chi connectivity index (χ2n) is 4.72. The van der Waals surface area contributed by atoms with Gasteiger partial charge in [0.25, 0.3) is 0 Å². The normalized spacial score (nSPS) is 23.4. The zero-order chi connectivity index (χ0) is 18.4. The lowest BCUT2D eigenvalue weighted by atomic mass is 10.2. The first-order valence-electron chi connectivity index (χ1n) is 6.36. The molecule has 12 heteroatoms. The first-order valence-corrected chi connectivity index (χ1v) is 6.36. The van der Waals surface area contributed by atoms with Gasteiger partial charge in [0.2, 0.25) is 0 Å². The Kier molecular flexibility index (Phi) is 7.77. The van der Waals surface area contributed by atoms with Crippen LogP contribution in [0.3, 0.4) is 0 Å². The fraction of sp³-hybridized carbons (Fsp3) is 0.818. The Balaban J connectivity index is 0.000000322. The van der Waals surface area contributed by atoms with Crippen molar-refractivity contribution in [3.05, 3.63) is 0 Å². The van der Waals surface area contributed by atoms with E-state index >= 15 is 0 Å². The van der Waals surface area contributed by atoms with Crippen molar-refractivity contribution in [3.8, 4) is 0 Å². The molecule has 2 saturated heterocycles. The van der Waals surface area contributed by atoms with Crippen LogP contribution in [0.1, 0.15) is 13.3 Å². The first-order chi connectivity index (χ1) is 10.3. The van der Waals surface area contributed by atoms with Crippen molar-refractivity contribution >= 4 is 11.9 Å². The maximum absolute atomic E-state index is 10.6. The Morgan fingerprint density at radius 1 is 1.09 bits per heavy atom. The van der Waals surface area contributed by atoms with E-state index in [1.807, 2.05) is 0 Å². The van der Waals surface area contributed by atoms with Gasteiger partial charge in [-0.05, 0) is 18.9 Å². The van der Waals surface area contributed by atoms with Gasteiger partial charge in [-0.25, -0.2) is 9.59 Å². The molecule has 0 aromatic heterocycles. The summed E-state index contributed by atoms with van der Waals surface area (Å²) < 4.78 is 63.5. The standard InChI is InChI=1S/C7H14N2.2C2HF3O2/c1-2-9-5-6-3-7(9)8-4-6;2*3-2(4,5)1(6)7/h6-8H,2-5H2,1H3;2*(H,6,7)/t6-,7+;;/m0../s1. The molecule has 2 aliphatic heterocycles. The Morgan fingerprint density at radius 2 is 1.48 bits per heavy atom. The van der Waals surface area contributed by atoms with Gasteiger partial charge in [0.15, 0.2) is 0 Å². The molecular weight excluding hydrogens is 338 g/mol. The van der Waals surface area contributed by atoms with Crippen molar-refractivity contribution in [2.75, 3.05) is 19.6 Å². The maximum Gasteiger partial charge on any atom is 0.490 e. The zero-order valence-electron chi connectivity index (χ0n) is 11.9. The molecule has 2 heterocycles. The van der Waals surface area contributed by atoms with Gasteiger partial charge in [0.05, 0.1) is 6.17 Å². The average Bonchev–Trinajstić information content (AvgIpc) is 2.99. The summed E-state index contributed by atoms with van der Waals surface area (Å²) in [6.45, 7) is 6.06. The molecular formula is C11H16F6N2O4. The lowest BCUT2D eigenvalue weighted by molar-refractivity contribution is -0.193. The number of likely N-dealkylation sites (tertiary alicyclic amines) is 1. The molecule has 0 amide bonds. The largest absolute Gasteiger partial charge is 0.490 e. The van der Waals surface area contributed by atoms with E-state index in [2.05, 4.69) is 17.1 Å². The topological polar surface area (TPSA) is 89.9 Å². The minimum absolute atomic E-state index is 0.736. The molecule has 23 heavy (non-hydrogen) atoms. The van der Waals surface area contributed by atoms with Crippen molar-refractivity contribution in [1.29, 1.82) is 0 Å². The van der Waals surface area contributed by atoms with Gasteiger partial charge in [-0.3, -0.25) is 4.90 Å². The fourth-order valence-corrected chi connectivity index (χ4v) is 2.01. The zero-order valence-corrected chi connectivity index (χ0v) is 11.9. The molecule has 2 fully saturated rings. The van der Waals surface area contributed by atoms with Crippen molar-refractivity contribution in [1.82, 2.24) is 10.2 Å². The summed E-state index contributed by atoms with van der Waals surface area (Å²) in [5.74, 6) is -4.55. The molecule has 2 aliphatic rings. The molecule has 0 unspecified atom stereocenters. The minimum atomic E-state index is -5.08. The predicted molar refractivity (Wildman–Crippen MR) is 64.5 cm³/mol. The van der Waals surface area contributed by atoms with Gasteiger partial charge in [0, 0.05) is 13.1 Å². The fourth-order valence-electron chi connectivity index (χ4n) is 2.01. The number of nitrogens with zero attached hydrogens (tertiary/aromatic N) is 1. The van der Waals surface area contributed by atoms with E-state index < -0.39 is 24.3 Å². The lowest BCUT2D eigenvalue weighted by Gasteiger charge is -2.25. The van der Waals surface area contributed by atoms with Crippen LogP contribution in [0, 0.1) is 5.92 Å². The molecule has 0 aromatic carbocycles. The Labute approximate surface area is 127 Å². The molecule has 0 saturated carbocycles. The molecule has 0 radical (unpaired) electrons. The maximum atomic E-state index is 10.6. The Bertz CT molecular complexity index is 388. The van der Waals surface area contributed by atoms with Crippen LogP contribution in [0.5, 0.6) is 0 Å². The van der Waals surface area contributed by atoms with E-state index in [0.29, 0.717) is 0 Å². The molecule has 2 rings (SSSR count). The Morgan fingerprint density at radius 3 is 1.61 bits per heavy atom. The number of carboxylic acid groups (broad SMARTS) is 2. The van der Waals surface area contributed by atoms with Crippen molar-refractivity contribution in [2.24, 2.45) is 5.92 Å². The average molecular weight is 354 g/mol. The summed E-state index contributed by atoms with van der Waals surface area (Å²) in [4.78, 5) is 20.3. The van der Waals surface area contributed by atoms with Gasteiger partial charge in [0.1, 0.15) is 0 Å². The summed E-state index contributed by atoms with van der Waals surface area (Å²) in [7, 11) is 0. The van der Waals surface area contributed by atoms with Crippen molar-refractivity contribution < 1.29 is 46.1 Å². The summed E-state index contributed by atoms with van der Waals surface area (Å²) in [6, 6.07) is 0. The molecule has 3 N–H and O–H groups in total. The highest BCUT2D eigenvalue weighted by molar-refractivity contribution is 5.73. The second-order valence-corrected chi connectivity index (χ2v) is 4.72. The number of alkyl halides is 6. The van der Waals surface area contributed by atoms with E-state index in [4.69, 9.17) is 19.8 Å². The molecule has 0 spiro atoms. The number of fused-ring (bicyclic) bond motifs is 2. The van der Waals surface area contributed by atoms with Crippen LogP contribution in [0.4, 0.5) is 26.3 Å². The SMILES string of the molecule is CCN1C[C@@H]2CN[C@H]1C2.O=C(O)C(F)(F)F.O=C(O)C(F)(F)F. The summed E-state index contributed by atoms with van der Waals surface area (Å²) in [5.41, 5.74) is 0.